The lowest BCUT2D eigenvalue weighted by Crippen LogP contribution is -2.39. The number of halogens is 1. The number of carbonyl (C=O) groups excluding carboxylic acids is 1. The van der Waals surface area contributed by atoms with Crippen molar-refractivity contribution in [2.24, 2.45) is 5.92 Å². The molecular formula is C23H24FN3O. The maximum atomic E-state index is 13.7. The zero-order valence-corrected chi connectivity index (χ0v) is 15.9. The average Bonchev–Trinajstić information content (AvgIpc) is 2.74. The van der Waals surface area contributed by atoms with Crippen molar-refractivity contribution >= 4 is 16.8 Å². The van der Waals surface area contributed by atoms with E-state index in [0.29, 0.717) is 17.4 Å². The molecule has 1 aliphatic carbocycles. The fourth-order valence-electron chi connectivity index (χ4n) is 4.34. The van der Waals surface area contributed by atoms with Crippen molar-refractivity contribution in [1.29, 1.82) is 0 Å². The van der Waals surface area contributed by atoms with Gasteiger partial charge in [-0.25, -0.2) is 4.39 Å². The van der Waals surface area contributed by atoms with E-state index in [-0.39, 0.29) is 17.8 Å². The predicted octanol–water partition coefficient (Wildman–Crippen LogP) is 4.86. The lowest BCUT2D eigenvalue weighted by atomic mass is 9.75. The van der Waals surface area contributed by atoms with Crippen LogP contribution in [0.5, 0.6) is 0 Å². The molecular weight excluding hydrogens is 353 g/mol. The monoisotopic (exact) mass is 377 g/mol. The van der Waals surface area contributed by atoms with Crippen LogP contribution in [-0.4, -0.2) is 21.9 Å². The molecule has 0 spiro atoms. The standard InChI is InChI=1S/C23H24FN3O/c1-15(27-23(28)18-8-11-25-12-9-18)16-2-4-17(5-3-16)20-10-13-26-22-7-6-19(24)14-21(20)22/h6-17H,2-5H2,1H3,(H,27,28)/t15?,16-,17+. The van der Waals surface area contributed by atoms with Crippen LogP contribution in [0, 0.1) is 11.7 Å². The summed E-state index contributed by atoms with van der Waals surface area (Å²) in [7, 11) is 0. The highest BCUT2D eigenvalue weighted by Crippen LogP contribution is 2.39. The fraction of sp³-hybridized carbons (Fsp3) is 0.348. The maximum absolute atomic E-state index is 13.7. The summed E-state index contributed by atoms with van der Waals surface area (Å²) in [6, 6.07) is 10.4. The molecule has 4 rings (SSSR count). The molecule has 0 radical (unpaired) electrons. The third-order valence-corrected chi connectivity index (χ3v) is 5.96. The minimum atomic E-state index is -0.220. The van der Waals surface area contributed by atoms with Gasteiger partial charge in [-0.05, 0) is 86.4 Å². The summed E-state index contributed by atoms with van der Waals surface area (Å²) in [6.07, 6.45) is 9.24. The van der Waals surface area contributed by atoms with Gasteiger partial charge in [-0.15, -0.1) is 0 Å². The van der Waals surface area contributed by atoms with E-state index < -0.39 is 0 Å². The van der Waals surface area contributed by atoms with Crippen LogP contribution < -0.4 is 5.32 Å². The Morgan fingerprint density at radius 1 is 1.07 bits per heavy atom. The average molecular weight is 377 g/mol. The molecule has 144 valence electrons. The third-order valence-electron chi connectivity index (χ3n) is 5.96. The highest BCUT2D eigenvalue weighted by molar-refractivity contribution is 5.94. The van der Waals surface area contributed by atoms with Crippen LogP contribution in [0.2, 0.25) is 0 Å². The van der Waals surface area contributed by atoms with E-state index in [9.17, 15) is 9.18 Å². The molecule has 1 aromatic carbocycles. The Balaban J connectivity index is 1.41. The molecule has 3 aromatic rings. The van der Waals surface area contributed by atoms with E-state index in [1.807, 2.05) is 12.3 Å². The summed E-state index contributed by atoms with van der Waals surface area (Å²) in [5.41, 5.74) is 2.68. The Bertz CT molecular complexity index is 968. The number of hydrogen-bond acceptors (Lipinski definition) is 3. The Kier molecular flexibility index (Phi) is 5.33. The van der Waals surface area contributed by atoms with Crippen LogP contribution >= 0.6 is 0 Å². The van der Waals surface area contributed by atoms with E-state index >= 15 is 0 Å². The first kappa shape index (κ1) is 18.5. The predicted molar refractivity (Wildman–Crippen MR) is 108 cm³/mol. The molecule has 1 unspecified atom stereocenters. The van der Waals surface area contributed by atoms with Crippen molar-refractivity contribution < 1.29 is 9.18 Å². The number of aromatic nitrogens is 2. The van der Waals surface area contributed by atoms with Gasteiger partial charge in [0.15, 0.2) is 0 Å². The molecule has 1 saturated carbocycles. The second-order valence-corrected chi connectivity index (χ2v) is 7.67. The van der Waals surface area contributed by atoms with Gasteiger partial charge >= 0.3 is 0 Å². The van der Waals surface area contributed by atoms with E-state index in [1.54, 1.807) is 36.7 Å². The minimum absolute atomic E-state index is 0.0485. The van der Waals surface area contributed by atoms with Crippen molar-refractivity contribution in [2.75, 3.05) is 0 Å². The summed E-state index contributed by atoms with van der Waals surface area (Å²) in [5, 5.41) is 4.05. The van der Waals surface area contributed by atoms with Crippen LogP contribution in [-0.2, 0) is 0 Å². The van der Waals surface area contributed by atoms with Crippen molar-refractivity contribution in [3.8, 4) is 0 Å². The molecule has 2 heterocycles. The maximum Gasteiger partial charge on any atom is 0.251 e. The Morgan fingerprint density at radius 2 is 1.82 bits per heavy atom. The van der Waals surface area contributed by atoms with Crippen molar-refractivity contribution in [3.63, 3.8) is 0 Å². The summed E-state index contributed by atoms with van der Waals surface area (Å²) >= 11 is 0. The largest absolute Gasteiger partial charge is 0.349 e. The van der Waals surface area contributed by atoms with Gasteiger partial charge in [-0.2, -0.15) is 0 Å². The van der Waals surface area contributed by atoms with Gasteiger partial charge in [0.05, 0.1) is 5.52 Å². The smallest absolute Gasteiger partial charge is 0.251 e. The minimum Gasteiger partial charge on any atom is -0.349 e. The van der Waals surface area contributed by atoms with Gasteiger partial charge in [0, 0.05) is 35.6 Å². The van der Waals surface area contributed by atoms with Crippen LogP contribution in [0.1, 0.15) is 54.4 Å². The molecule has 28 heavy (non-hydrogen) atoms. The Hall–Kier alpha value is -2.82. The SMILES string of the molecule is CC(NC(=O)c1ccncc1)[C@H]1CC[C@@H](c2ccnc3ccc(F)cc32)CC1. The van der Waals surface area contributed by atoms with Gasteiger partial charge in [-0.3, -0.25) is 14.8 Å². The number of benzene rings is 1. The van der Waals surface area contributed by atoms with Crippen LogP contribution in [0.4, 0.5) is 4.39 Å². The molecule has 1 amide bonds. The number of amides is 1. The number of hydrogen-bond donors (Lipinski definition) is 1. The molecule has 0 bridgehead atoms. The summed E-state index contributed by atoms with van der Waals surface area (Å²) in [5.74, 6) is 0.592. The van der Waals surface area contributed by atoms with E-state index in [1.165, 1.54) is 11.6 Å². The topological polar surface area (TPSA) is 54.9 Å². The highest BCUT2D eigenvalue weighted by Gasteiger charge is 2.28. The lowest BCUT2D eigenvalue weighted by molar-refractivity contribution is 0.0917. The second-order valence-electron chi connectivity index (χ2n) is 7.67. The summed E-state index contributed by atoms with van der Waals surface area (Å²) < 4.78 is 13.7. The molecule has 5 heteroatoms. The molecule has 0 aliphatic heterocycles. The van der Waals surface area contributed by atoms with Crippen molar-refractivity contribution in [3.05, 3.63) is 71.9 Å². The zero-order valence-electron chi connectivity index (χ0n) is 15.9. The highest BCUT2D eigenvalue weighted by atomic mass is 19.1. The molecule has 1 fully saturated rings. The number of rotatable bonds is 4. The van der Waals surface area contributed by atoms with Crippen molar-refractivity contribution in [1.82, 2.24) is 15.3 Å². The summed E-state index contributed by atoms with van der Waals surface area (Å²) in [4.78, 5) is 20.7. The van der Waals surface area contributed by atoms with Crippen molar-refractivity contribution in [2.45, 2.75) is 44.6 Å². The van der Waals surface area contributed by atoms with E-state index in [2.05, 4.69) is 22.2 Å². The second kappa shape index (κ2) is 8.05. The molecule has 1 aliphatic rings. The number of fused-ring (bicyclic) bond motifs is 1. The Labute approximate surface area is 164 Å². The zero-order chi connectivity index (χ0) is 19.5. The van der Waals surface area contributed by atoms with Crippen LogP contribution in [0.3, 0.4) is 0 Å². The molecule has 1 atom stereocenters. The Morgan fingerprint density at radius 3 is 2.57 bits per heavy atom. The number of carbonyl (C=O) groups is 1. The first-order valence-corrected chi connectivity index (χ1v) is 9.87. The van der Waals surface area contributed by atoms with Gasteiger partial charge < -0.3 is 5.32 Å². The van der Waals surface area contributed by atoms with Crippen LogP contribution in [0.25, 0.3) is 10.9 Å². The first-order chi connectivity index (χ1) is 13.6. The first-order valence-electron chi connectivity index (χ1n) is 9.87. The quantitative estimate of drug-likeness (QED) is 0.706. The normalized spacial score (nSPS) is 20.6. The lowest BCUT2D eigenvalue weighted by Gasteiger charge is -2.33. The number of nitrogens with zero attached hydrogens (tertiary/aromatic N) is 2. The molecule has 4 nitrogen and oxygen atoms in total. The summed E-state index contributed by atoms with van der Waals surface area (Å²) in [6.45, 7) is 2.08. The van der Waals surface area contributed by atoms with E-state index in [4.69, 9.17) is 0 Å². The third kappa shape index (κ3) is 3.88. The molecule has 0 saturated heterocycles. The van der Waals surface area contributed by atoms with Gasteiger partial charge in [0.25, 0.3) is 5.91 Å². The number of nitrogens with one attached hydrogen (secondary N) is 1. The van der Waals surface area contributed by atoms with Gasteiger partial charge in [0.1, 0.15) is 5.82 Å². The van der Waals surface area contributed by atoms with E-state index in [0.717, 1.165) is 36.6 Å². The fourth-order valence-corrected chi connectivity index (χ4v) is 4.34. The van der Waals surface area contributed by atoms with Gasteiger partial charge in [-0.1, -0.05) is 0 Å². The molecule has 1 N–H and O–H groups in total. The molecule has 2 aromatic heterocycles. The van der Waals surface area contributed by atoms with Crippen LogP contribution in [0.15, 0.2) is 55.0 Å². The van der Waals surface area contributed by atoms with Gasteiger partial charge in [0.2, 0.25) is 0 Å². The number of pyridine rings is 2.